The standard InChI is InChI=1S/C15H29NO2/c1-14(2,3)12-8-7-10-16(12)11-9-13(17)18-15(4,5)6/h12H,7-11H2,1-6H3. The predicted molar refractivity (Wildman–Crippen MR) is 74.5 cm³/mol. The van der Waals surface area contributed by atoms with E-state index in [0.717, 1.165) is 13.1 Å². The van der Waals surface area contributed by atoms with Crippen LogP contribution in [0.3, 0.4) is 0 Å². The number of nitrogens with zero attached hydrogens (tertiary/aromatic N) is 1. The highest BCUT2D eigenvalue weighted by Gasteiger charge is 2.34. The number of likely N-dealkylation sites (tertiary alicyclic amines) is 1. The largest absolute Gasteiger partial charge is 0.460 e. The first kappa shape index (κ1) is 15.5. The van der Waals surface area contributed by atoms with Crippen molar-refractivity contribution < 1.29 is 9.53 Å². The van der Waals surface area contributed by atoms with E-state index in [2.05, 4.69) is 25.7 Å². The van der Waals surface area contributed by atoms with E-state index in [9.17, 15) is 4.79 Å². The molecule has 0 saturated carbocycles. The Morgan fingerprint density at radius 3 is 2.33 bits per heavy atom. The van der Waals surface area contributed by atoms with Crippen LogP contribution in [0.1, 0.15) is 60.8 Å². The molecular formula is C15H29NO2. The third-order valence-electron chi connectivity index (χ3n) is 3.39. The number of esters is 1. The van der Waals surface area contributed by atoms with Crippen molar-refractivity contribution in [1.29, 1.82) is 0 Å². The summed E-state index contributed by atoms with van der Waals surface area (Å²) in [6, 6.07) is 0.597. The fourth-order valence-corrected chi connectivity index (χ4v) is 2.70. The van der Waals surface area contributed by atoms with E-state index < -0.39 is 0 Å². The fraction of sp³-hybridized carbons (Fsp3) is 0.933. The zero-order valence-corrected chi connectivity index (χ0v) is 12.9. The Labute approximate surface area is 112 Å². The molecule has 0 spiro atoms. The monoisotopic (exact) mass is 255 g/mol. The van der Waals surface area contributed by atoms with Gasteiger partial charge in [0.15, 0.2) is 0 Å². The third-order valence-corrected chi connectivity index (χ3v) is 3.39. The second-order valence-electron chi connectivity index (χ2n) is 7.40. The van der Waals surface area contributed by atoms with Crippen LogP contribution in [-0.4, -0.2) is 35.6 Å². The van der Waals surface area contributed by atoms with Gasteiger partial charge in [0.05, 0.1) is 6.42 Å². The van der Waals surface area contributed by atoms with Crippen molar-refractivity contribution in [1.82, 2.24) is 4.90 Å². The van der Waals surface area contributed by atoms with E-state index in [1.54, 1.807) is 0 Å². The topological polar surface area (TPSA) is 29.5 Å². The van der Waals surface area contributed by atoms with Crippen molar-refractivity contribution in [3.63, 3.8) is 0 Å². The average molecular weight is 255 g/mol. The molecule has 0 aromatic carbocycles. The van der Waals surface area contributed by atoms with Gasteiger partial charge >= 0.3 is 5.97 Å². The first-order chi connectivity index (χ1) is 8.09. The highest BCUT2D eigenvalue weighted by molar-refractivity contribution is 5.70. The maximum Gasteiger partial charge on any atom is 0.307 e. The van der Waals surface area contributed by atoms with Gasteiger partial charge in [-0.15, -0.1) is 0 Å². The number of carbonyl (C=O) groups is 1. The minimum atomic E-state index is -0.370. The Morgan fingerprint density at radius 2 is 1.83 bits per heavy atom. The molecule has 1 saturated heterocycles. The number of carbonyl (C=O) groups excluding carboxylic acids is 1. The minimum absolute atomic E-state index is 0.0814. The Bertz CT molecular complexity index is 286. The van der Waals surface area contributed by atoms with Gasteiger partial charge in [0.1, 0.15) is 5.60 Å². The molecule has 1 unspecified atom stereocenters. The average Bonchev–Trinajstić information content (AvgIpc) is 2.58. The molecule has 1 atom stereocenters. The van der Waals surface area contributed by atoms with Crippen molar-refractivity contribution in [2.45, 2.75) is 72.4 Å². The summed E-state index contributed by atoms with van der Waals surface area (Å²) in [5.74, 6) is -0.0814. The van der Waals surface area contributed by atoms with Crippen LogP contribution in [0.2, 0.25) is 0 Å². The molecule has 0 bridgehead atoms. The maximum atomic E-state index is 11.7. The van der Waals surface area contributed by atoms with Crippen LogP contribution < -0.4 is 0 Å². The molecule has 3 heteroatoms. The highest BCUT2D eigenvalue weighted by atomic mass is 16.6. The van der Waals surface area contributed by atoms with Gasteiger partial charge in [-0.1, -0.05) is 20.8 Å². The molecule has 1 heterocycles. The van der Waals surface area contributed by atoms with Crippen LogP contribution in [0.4, 0.5) is 0 Å². The molecular weight excluding hydrogens is 226 g/mol. The van der Waals surface area contributed by atoms with E-state index in [1.807, 2.05) is 20.8 Å². The number of hydrogen-bond acceptors (Lipinski definition) is 3. The summed E-state index contributed by atoms with van der Waals surface area (Å²) >= 11 is 0. The Balaban J connectivity index is 2.41. The van der Waals surface area contributed by atoms with Gasteiger partial charge in [-0.25, -0.2) is 0 Å². The van der Waals surface area contributed by atoms with Crippen molar-refractivity contribution in [2.75, 3.05) is 13.1 Å². The summed E-state index contributed by atoms with van der Waals surface area (Å²) in [4.78, 5) is 14.2. The normalized spacial score (nSPS) is 22.2. The summed E-state index contributed by atoms with van der Waals surface area (Å²) in [7, 11) is 0. The minimum Gasteiger partial charge on any atom is -0.460 e. The van der Waals surface area contributed by atoms with Crippen molar-refractivity contribution in [3.8, 4) is 0 Å². The Kier molecular flexibility index (Phi) is 4.82. The highest BCUT2D eigenvalue weighted by Crippen LogP contribution is 2.32. The molecule has 1 aliphatic heterocycles. The predicted octanol–water partition coefficient (Wildman–Crippen LogP) is 3.23. The summed E-state index contributed by atoms with van der Waals surface area (Å²) in [6.45, 7) is 14.5. The van der Waals surface area contributed by atoms with E-state index in [4.69, 9.17) is 4.74 Å². The molecule has 0 aliphatic carbocycles. The molecule has 1 aliphatic rings. The first-order valence-electron chi connectivity index (χ1n) is 7.05. The number of ether oxygens (including phenoxy) is 1. The molecule has 0 aromatic heterocycles. The smallest absolute Gasteiger partial charge is 0.307 e. The van der Waals surface area contributed by atoms with Gasteiger partial charge in [0.2, 0.25) is 0 Å². The van der Waals surface area contributed by atoms with Crippen molar-refractivity contribution >= 4 is 5.97 Å². The second kappa shape index (κ2) is 5.60. The third kappa shape index (κ3) is 4.97. The van der Waals surface area contributed by atoms with Crippen molar-refractivity contribution in [3.05, 3.63) is 0 Å². The van der Waals surface area contributed by atoms with Crippen molar-refractivity contribution in [2.24, 2.45) is 5.41 Å². The fourth-order valence-electron chi connectivity index (χ4n) is 2.70. The zero-order valence-electron chi connectivity index (χ0n) is 12.9. The van der Waals surface area contributed by atoms with Gasteiger partial charge in [-0.05, 0) is 45.6 Å². The summed E-state index contributed by atoms with van der Waals surface area (Å²) in [6.07, 6.45) is 3.00. The molecule has 0 aromatic rings. The Hall–Kier alpha value is -0.570. The summed E-state index contributed by atoms with van der Waals surface area (Å²) < 4.78 is 5.35. The second-order valence-corrected chi connectivity index (χ2v) is 7.40. The van der Waals surface area contributed by atoms with E-state index in [0.29, 0.717) is 17.9 Å². The lowest BCUT2D eigenvalue weighted by atomic mass is 9.85. The molecule has 0 amide bonds. The molecule has 1 rings (SSSR count). The summed E-state index contributed by atoms with van der Waals surface area (Å²) in [5, 5.41) is 0. The lowest BCUT2D eigenvalue weighted by molar-refractivity contribution is -0.155. The molecule has 3 nitrogen and oxygen atoms in total. The SMILES string of the molecule is CC(C)(C)OC(=O)CCN1CCCC1C(C)(C)C. The molecule has 106 valence electrons. The van der Waals surface area contributed by atoms with Crippen LogP contribution in [-0.2, 0) is 9.53 Å². The maximum absolute atomic E-state index is 11.7. The van der Waals surface area contributed by atoms with Crippen LogP contribution in [0.25, 0.3) is 0 Å². The van der Waals surface area contributed by atoms with Gasteiger partial charge in [0, 0.05) is 12.6 Å². The zero-order chi connectivity index (χ0) is 14.0. The molecule has 0 radical (unpaired) electrons. The number of rotatable bonds is 3. The van der Waals surface area contributed by atoms with Crippen LogP contribution >= 0.6 is 0 Å². The van der Waals surface area contributed by atoms with Gasteiger partial charge in [-0.2, -0.15) is 0 Å². The summed E-state index contributed by atoms with van der Waals surface area (Å²) in [5.41, 5.74) is -0.0735. The molecule has 18 heavy (non-hydrogen) atoms. The van der Waals surface area contributed by atoms with Crippen LogP contribution in [0, 0.1) is 5.41 Å². The van der Waals surface area contributed by atoms with Gasteiger partial charge in [-0.3, -0.25) is 9.69 Å². The van der Waals surface area contributed by atoms with E-state index >= 15 is 0 Å². The quantitative estimate of drug-likeness (QED) is 0.725. The van der Waals surface area contributed by atoms with E-state index in [1.165, 1.54) is 12.8 Å². The van der Waals surface area contributed by atoms with E-state index in [-0.39, 0.29) is 11.6 Å². The first-order valence-corrected chi connectivity index (χ1v) is 7.05. The van der Waals surface area contributed by atoms with Gasteiger partial charge < -0.3 is 4.74 Å². The number of hydrogen-bond donors (Lipinski definition) is 0. The molecule has 1 fully saturated rings. The lowest BCUT2D eigenvalue weighted by Gasteiger charge is -2.35. The Morgan fingerprint density at radius 1 is 1.22 bits per heavy atom. The van der Waals surface area contributed by atoms with Gasteiger partial charge in [0.25, 0.3) is 0 Å². The molecule has 0 N–H and O–H groups in total. The van der Waals surface area contributed by atoms with Crippen LogP contribution in [0.15, 0.2) is 0 Å². The van der Waals surface area contributed by atoms with Crippen LogP contribution in [0.5, 0.6) is 0 Å². The lowest BCUT2D eigenvalue weighted by Crippen LogP contribution is -2.40.